The molecule has 128 valence electrons. The van der Waals surface area contributed by atoms with Gasteiger partial charge in [-0.2, -0.15) is 4.98 Å². The number of aryl methyl sites for hydroxylation is 1. The van der Waals surface area contributed by atoms with Gasteiger partial charge in [-0.25, -0.2) is 9.97 Å². The Kier molecular flexibility index (Phi) is 3.88. The van der Waals surface area contributed by atoms with E-state index in [4.69, 9.17) is 8.94 Å². The Morgan fingerprint density at radius 2 is 2.08 bits per heavy atom. The SMILES string of the molecule is Cc1noc(-c2cncnc2N2CCN(C(=O)c3ccco3)CC2)n1. The van der Waals surface area contributed by atoms with Crippen LogP contribution in [-0.4, -0.2) is 57.1 Å². The number of piperazine rings is 1. The molecular weight excluding hydrogens is 324 g/mol. The Balaban J connectivity index is 1.51. The van der Waals surface area contributed by atoms with E-state index in [9.17, 15) is 4.79 Å². The minimum atomic E-state index is -0.0971. The summed E-state index contributed by atoms with van der Waals surface area (Å²) in [7, 11) is 0. The highest BCUT2D eigenvalue weighted by molar-refractivity contribution is 5.91. The Morgan fingerprint density at radius 3 is 2.76 bits per heavy atom. The van der Waals surface area contributed by atoms with Crippen molar-refractivity contribution in [2.24, 2.45) is 0 Å². The van der Waals surface area contributed by atoms with Crippen LogP contribution in [0.3, 0.4) is 0 Å². The molecule has 1 aliphatic rings. The van der Waals surface area contributed by atoms with Crippen LogP contribution < -0.4 is 4.90 Å². The van der Waals surface area contributed by atoms with Crippen LogP contribution in [0.4, 0.5) is 5.82 Å². The molecule has 0 bridgehead atoms. The normalized spacial score (nSPS) is 14.8. The summed E-state index contributed by atoms with van der Waals surface area (Å²) in [6.07, 6.45) is 4.65. The molecule has 0 spiro atoms. The lowest BCUT2D eigenvalue weighted by molar-refractivity contribution is 0.0714. The van der Waals surface area contributed by atoms with Crippen molar-refractivity contribution in [2.75, 3.05) is 31.1 Å². The van der Waals surface area contributed by atoms with Gasteiger partial charge in [0, 0.05) is 32.4 Å². The van der Waals surface area contributed by atoms with Crippen molar-refractivity contribution in [2.45, 2.75) is 6.92 Å². The summed E-state index contributed by atoms with van der Waals surface area (Å²) in [5, 5.41) is 3.82. The van der Waals surface area contributed by atoms with Gasteiger partial charge in [-0.3, -0.25) is 4.79 Å². The molecule has 0 radical (unpaired) electrons. The summed E-state index contributed by atoms with van der Waals surface area (Å²) >= 11 is 0. The van der Waals surface area contributed by atoms with E-state index in [1.807, 2.05) is 0 Å². The number of anilines is 1. The number of rotatable bonds is 3. The van der Waals surface area contributed by atoms with Gasteiger partial charge in [0.1, 0.15) is 17.7 Å². The average Bonchev–Trinajstić information content (AvgIpc) is 3.33. The molecule has 3 aromatic heterocycles. The maximum atomic E-state index is 12.3. The summed E-state index contributed by atoms with van der Waals surface area (Å²) in [6, 6.07) is 3.39. The molecule has 25 heavy (non-hydrogen) atoms. The van der Waals surface area contributed by atoms with E-state index in [0.29, 0.717) is 49.2 Å². The summed E-state index contributed by atoms with van der Waals surface area (Å²) in [6.45, 7) is 4.19. The lowest BCUT2D eigenvalue weighted by Crippen LogP contribution is -2.49. The van der Waals surface area contributed by atoms with Crippen molar-refractivity contribution in [1.29, 1.82) is 0 Å². The molecule has 1 amide bonds. The molecule has 4 rings (SSSR count). The molecule has 0 aliphatic carbocycles. The van der Waals surface area contributed by atoms with Crippen LogP contribution in [0.5, 0.6) is 0 Å². The van der Waals surface area contributed by atoms with Crippen molar-refractivity contribution in [3.63, 3.8) is 0 Å². The molecule has 0 atom stereocenters. The Bertz CT molecular complexity index is 868. The number of aromatic nitrogens is 4. The van der Waals surface area contributed by atoms with Gasteiger partial charge in [0.25, 0.3) is 11.8 Å². The monoisotopic (exact) mass is 340 g/mol. The highest BCUT2D eigenvalue weighted by atomic mass is 16.5. The first-order valence-electron chi connectivity index (χ1n) is 7.91. The average molecular weight is 340 g/mol. The third kappa shape index (κ3) is 2.95. The fourth-order valence-corrected chi connectivity index (χ4v) is 2.81. The summed E-state index contributed by atoms with van der Waals surface area (Å²) in [5.74, 6) is 1.93. The quantitative estimate of drug-likeness (QED) is 0.705. The van der Waals surface area contributed by atoms with Gasteiger partial charge in [-0.05, 0) is 19.1 Å². The molecule has 0 saturated carbocycles. The highest BCUT2D eigenvalue weighted by Crippen LogP contribution is 2.27. The van der Waals surface area contributed by atoms with Gasteiger partial charge in [-0.1, -0.05) is 5.16 Å². The van der Waals surface area contributed by atoms with Gasteiger partial charge in [-0.15, -0.1) is 0 Å². The van der Waals surface area contributed by atoms with Gasteiger partial charge in [0.2, 0.25) is 0 Å². The summed E-state index contributed by atoms with van der Waals surface area (Å²) in [5.41, 5.74) is 0.689. The zero-order valence-electron chi connectivity index (χ0n) is 13.6. The molecular formula is C16H16N6O3. The molecule has 9 nitrogen and oxygen atoms in total. The van der Waals surface area contributed by atoms with Crippen molar-refractivity contribution >= 4 is 11.7 Å². The minimum absolute atomic E-state index is 0.0971. The van der Waals surface area contributed by atoms with E-state index in [1.165, 1.54) is 12.6 Å². The van der Waals surface area contributed by atoms with E-state index in [2.05, 4.69) is 25.0 Å². The lowest BCUT2D eigenvalue weighted by atomic mass is 10.2. The smallest absolute Gasteiger partial charge is 0.289 e. The van der Waals surface area contributed by atoms with Crippen LogP contribution in [0.1, 0.15) is 16.4 Å². The van der Waals surface area contributed by atoms with E-state index in [1.54, 1.807) is 30.2 Å². The Morgan fingerprint density at radius 1 is 1.24 bits per heavy atom. The van der Waals surface area contributed by atoms with Gasteiger partial charge < -0.3 is 18.7 Å². The zero-order chi connectivity index (χ0) is 17.2. The molecule has 1 fully saturated rings. The number of carbonyl (C=O) groups excluding carboxylic acids is 1. The van der Waals surface area contributed by atoms with E-state index >= 15 is 0 Å². The number of hydrogen-bond acceptors (Lipinski definition) is 8. The molecule has 0 N–H and O–H groups in total. The number of furan rings is 1. The van der Waals surface area contributed by atoms with Crippen molar-refractivity contribution in [3.8, 4) is 11.5 Å². The second-order valence-electron chi connectivity index (χ2n) is 5.66. The number of nitrogens with zero attached hydrogens (tertiary/aromatic N) is 6. The predicted octanol–water partition coefficient (Wildman–Crippen LogP) is 1.39. The zero-order valence-corrected chi connectivity index (χ0v) is 13.6. The Labute approximate surface area is 143 Å². The third-order valence-corrected chi connectivity index (χ3v) is 4.05. The summed E-state index contributed by atoms with van der Waals surface area (Å²) in [4.78, 5) is 28.9. The lowest BCUT2D eigenvalue weighted by Gasteiger charge is -2.35. The van der Waals surface area contributed by atoms with Crippen LogP contribution in [0.2, 0.25) is 0 Å². The van der Waals surface area contributed by atoms with E-state index in [-0.39, 0.29) is 5.91 Å². The van der Waals surface area contributed by atoms with Crippen molar-refractivity contribution in [3.05, 3.63) is 42.5 Å². The van der Waals surface area contributed by atoms with Crippen LogP contribution >= 0.6 is 0 Å². The molecule has 3 aromatic rings. The van der Waals surface area contributed by atoms with Crippen molar-refractivity contribution in [1.82, 2.24) is 25.0 Å². The maximum absolute atomic E-state index is 12.3. The third-order valence-electron chi connectivity index (χ3n) is 4.05. The van der Waals surface area contributed by atoms with Crippen molar-refractivity contribution < 1.29 is 13.7 Å². The largest absolute Gasteiger partial charge is 0.459 e. The Hall–Kier alpha value is -3.23. The molecule has 9 heteroatoms. The van der Waals surface area contributed by atoms with Gasteiger partial charge in [0.15, 0.2) is 11.6 Å². The predicted molar refractivity (Wildman–Crippen MR) is 86.9 cm³/mol. The van der Waals surface area contributed by atoms with E-state index < -0.39 is 0 Å². The van der Waals surface area contributed by atoms with Gasteiger partial charge in [0.05, 0.1) is 6.26 Å². The first-order valence-corrected chi connectivity index (χ1v) is 7.91. The molecule has 1 aliphatic heterocycles. The minimum Gasteiger partial charge on any atom is -0.459 e. The topological polar surface area (TPSA) is 101 Å². The summed E-state index contributed by atoms with van der Waals surface area (Å²) < 4.78 is 10.4. The second-order valence-corrected chi connectivity index (χ2v) is 5.66. The molecule has 0 aromatic carbocycles. The first-order chi connectivity index (χ1) is 12.2. The standard InChI is InChI=1S/C16H16N6O3/c1-11-19-15(25-20-11)12-9-17-10-18-14(12)21-4-6-22(7-5-21)16(23)13-3-2-8-24-13/h2-3,8-10H,4-7H2,1H3. The van der Waals surface area contributed by atoms with Crippen LogP contribution in [-0.2, 0) is 0 Å². The number of carbonyl (C=O) groups is 1. The molecule has 1 saturated heterocycles. The molecule has 4 heterocycles. The van der Waals surface area contributed by atoms with Crippen LogP contribution in [0, 0.1) is 6.92 Å². The van der Waals surface area contributed by atoms with Crippen LogP contribution in [0.15, 0.2) is 39.9 Å². The first kappa shape index (κ1) is 15.3. The van der Waals surface area contributed by atoms with Crippen LogP contribution in [0.25, 0.3) is 11.5 Å². The molecule has 0 unspecified atom stereocenters. The number of amides is 1. The fourth-order valence-electron chi connectivity index (χ4n) is 2.81. The van der Waals surface area contributed by atoms with E-state index in [0.717, 1.165) is 5.82 Å². The highest BCUT2D eigenvalue weighted by Gasteiger charge is 2.26. The maximum Gasteiger partial charge on any atom is 0.289 e. The number of hydrogen-bond donors (Lipinski definition) is 0. The van der Waals surface area contributed by atoms with Gasteiger partial charge >= 0.3 is 0 Å². The second kappa shape index (κ2) is 6.34. The fraction of sp³-hybridized carbons (Fsp3) is 0.312.